The van der Waals surface area contributed by atoms with Crippen LogP contribution < -0.4 is 0 Å². The highest BCUT2D eigenvalue weighted by molar-refractivity contribution is 5.97. The molecule has 0 unspecified atom stereocenters. The minimum absolute atomic E-state index is 0.0314. The maximum absolute atomic E-state index is 13.4. The molecule has 0 spiro atoms. The Kier molecular flexibility index (Phi) is 4.38. The lowest BCUT2D eigenvalue weighted by molar-refractivity contribution is -0.158. The van der Waals surface area contributed by atoms with Crippen LogP contribution in [0.5, 0.6) is 0 Å². The summed E-state index contributed by atoms with van der Waals surface area (Å²) in [5.74, 6) is 0.110. The first-order valence-electron chi connectivity index (χ1n) is 10.4. The summed E-state index contributed by atoms with van der Waals surface area (Å²) in [6.07, 6.45) is 2.49. The first-order chi connectivity index (χ1) is 14.2. The van der Waals surface area contributed by atoms with Crippen LogP contribution in [0.2, 0.25) is 0 Å². The minimum atomic E-state index is -0.440. The highest BCUT2D eigenvalue weighted by atomic mass is 16.2. The van der Waals surface area contributed by atoms with Gasteiger partial charge in [-0.25, -0.2) is 0 Å². The number of rotatable bonds is 4. The predicted octanol–water partition coefficient (Wildman–Crippen LogP) is 3.65. The first kappa shape index (κ1) is 18.0. The fraction of sp³-hybridized carbons (Fsp3) is 0.333. The molecule has 5 rings (SSSR count). The molecular weight excluding hydrogens is 362 g/mol. The van der Waals surface area contributed by atoms with E-state index in [1.54, 1.807) is 4.90 Å². The fourth-order valence-electron chi connectivity index (χ4n) is 4.84. The number of hydrogen-bond donors (Lipinski definition) is 1. The third-order valence-corrected chi connectivity index (χ3v) is 6.24. The number of nitrogens with one attached hydrogen (secondary N) is 1. The van der Waals surface area contributed by atoms with Gasteiger partial charge < -0.3 is 14.8 Å². The van der Waals surface area contributed by atoms with Crippen molar-refractivity contribution in [3.8, 4) is 0 Å². The van der Waals surface area contributed by atoms with Crippen molar-refractivity contribution in [1.82, 2.24) is 14.8 Å². The Balaban J connectivity index is 1.66. The zero-order valence-electron chi connectivity index (χ0n) is 16.6. The number of para-hydroxylation sites is 1. The molecule has 1 saturated heterocycles. The summed E-state index contributed by atoms with van der Waals surface area (Å²) in [4.78, 5) is 33.8. The van der Waals surface area contributed by atoms with E-state index in [-0.39, 0.29) is 24.4 Å². The van der Waals surface area contributed by atoms with Crippen LogP contribution in [-0.4, -0.2) is 45.7 Å². The number of H-pyrrole nitrogens is 1. The number of amides is 2. The Morgan fingerprint density at radius 2 is 1.79 bits per heavy atom. The molecule has 3 aromatic rings. The number of aromatic amines is 1. The number of hydrogen-bond acceptors (Lipinski definition) is 2. The van der Waals surface area contributed by atoms with E-state index >= 15 is 0 Å². The summed E-state index contributed by atoms with van der Waals surface area (Å²) >= 11 is 0. The number of piperazine rings is 1. The van der Waals surface area contributed by atoms with Gasteiger partial charge in [0, 0.05) is 29.6 Å². The van der Waals surface area contributed by atoms with Gasteiger partial charge in [0.2, 0.25) is 11.8 Å². The van der Waals surface area contributed by atoms with Crippen molar-refractivity contribution in [2.24, 2.45) is 0 Å². The highest BCUT2D eigenvalue weighted by Crippen LogP contribution is 2.42. The van der Waals surface area contributed by atoms with E-state index in [1.165, 1.54) is 0 Å². The van der Waals surface area contributed by atoms with Crippen molar-refractivity contribution in [2.45, 2.75) is 38.3 Å². The molecule has 0 radical (unpaired) electrons. The zero-order valence-corrected chi connectivity index (χ0v) is 16.6. The molecule has 1 fully saturated rings. The Morgan fingerprint density at radius 3 is 2.59 bits per heavy atom. The second-order valence-electron chi connectivity index (χ2n) is 8.01. The van der Waals surface area contributed by atoms with Crippen molar-refractivity contribution < 1.29 is 9.59 Å². The second-order valence-corrected chi connectivity index (χ2v) is 8.01. The van der Waals surface area contributed by atoms with Crippen molar-refractivity contribution >= 4 is 22.7 Å². The quantitative estimate of drug-likeness (QED) is 0.743. The summed E-state index contributed by atoms with van der Waals surface area (Å²) in [6, 6.07) is 17.6. The Hall–Kier alpha value is -3.08. The number of unbranched alkanes of at least 4 members (excludes halogenated alkanes) is 1. The monoisotopic (exact) mass is 387 g/mol. The van der Waals surface area contributed by atoms with Crippen molar-refractivity contribution in [1.29, 1.82) is 0 Å². The lowest BCUT2D eigenvalue weighted by Crippen LogP contribution is -2.63. The molecule has 148 valence electrons. The molecule has 2 aliphatic heterocycles. The lowest BCUT2D eigenvalue weighted by atomic mass is 9.86. The molecule has 1 aromatic heterocycles. The number of carbonyl (C=O) groups is 2. The lowest BCUT2D eigenvalue weighted by Gasteiger charge is -2.47. The molecule has 5 nitrogen and oxygen atoms in total. The van der Waals surface area contributed by atoms with Crippen molar-refractivity contribution in [3.63, 3.8) is 0 Å². The van der Waals surface area contributed by atoms with Crippen LogP contribution in [0.3, 0.4) is 0 Å². The molecule has 2 aliphatic rings. The van der Waals surface area contributed by atoms with Crippen LogP contribution in [0.4, 0.5) is 0 Å². The molecule has 0 aliphatic carbocycles. The standard InChI is InChI=1S/C24H25N3O2/c1-2-3-13-26-15-21(28)27-20(24(26)29)14-18-17-11-7-8-12-19(17)25-22(18)23(27)16-9-5-4-6-10-16/h4-12,20,23,25H,2-3,13-15H2,1H3/t20-,23+/m0/s1. The van der Waals surface area contributed by atoms with Gasteiger partial charge in [-0.1, -0.05) is 61.9 Å². The molecule has 2 atom stereocenters. The van der Waals surface area contributed by atoms with E-state index in [1.807, 2.05) is 47.4 Å². The number of benzene rings is 2. The van der Waals surface area contributed by atoms with Crippen molar-refractivity contribution in [3.05, 3.63) is 71.4 Å². The summed E-state index contributed by atoms with van der Waals surface area (Å²) in [6.45, 7) is 2.93. The van der Waals surface area contributed by atoms with Gasteiger partial charge in [0.05, 0.1) is 12.6 Å². The normalized spacial score (nSPS) is 21.4. The first-order valence-corrected chi connectivity index (χ1v) is 10.4. The molecule has 1 N–H and O–H groups in total. The van der Waals surface area contributed by atoms with Gasteiger partial charge in [-0.2, -0.15) is 0 Å². The van der Waals surface area contributed by atoms with Gasteiger partial charge >= 0.3 is 0 Å². The van der Waals surface area contributed by atoms with Crippen LogP contribution >= 0.6 is 0 Å². The van der Waals surface area contributed by atoms with Crippen LogP contribution in [0.1, 0.15) is 42.6 Å². The molecule has 3 heterocycles. The van der Waals surface area contributed by atoms with E-state index in [0.717, 1.165) is 40.6 Å². The zero-order chi connectivity index (χ0) is 20.0. The van der Waals surface area contributed by atoms with E-state index in [4.69, 9.17) is 0 Å². The number of nitrogens with zero attached hydrogens (tertiary/aromatic N) is 2. The van der Waals surface area contributed by atoms with Crippen molar-refractivity contribution in [2.75, 3.05) is 13.1 Å². The SMILES string of the molecule is CCCCN1CC(=O)N2[C@H](c3ccccc3)c3[nH]c4ccccc4c3C[C@H]2C1=O. The maximum atomic E-state index is 13.4. The van der Waals surface area contributed by atoms with Gasteiger partial charge in [0.15, 0.2) is 0 Å². The van der Waals surface area contributed by atoms with Gasteiger partial charge in [-0.05, 0) is 23.6 Å². The Morgan fingerprint density at radius 1 is 1.03 bits per heavy atom. The molecule has 0 bridgehead atoms. The average Bonchev–Trinajstić information content (AvgIpc) is 3.13. The van der Waals surface area contributed by atoms with Gasteiger partial charge in [0.1, 0.15) is 6.04 Å². The third-order valence-electron chi connectivity index (χ3n) is 6.24. The van der Waals surface area contributed by atoms with Crippen LogP contribution in [0, 0.1) is 0 Å². The van der Waals surface area contributed by atoms with Crippen LogP contribution in [0.25, 0.3) is 10.9 Å². The van der Waals surface area contributed by atoms with Gasteiger partial charge in [0.25, 0.3) is 0 Å². The molecule has 2 aromatic carbocycles. The highest BCUT2D eigenvalue weighted by Gasteiger charge is 2.47. The summed E-state index contributed by atoms with van der Waals surface area (Å²) in [5.41, 5.74) is 4.29. The molecule has 0 saturated carbocycles. The van der Waals surface area contributed by atoms with E-state index in [0.29, 0.717) is 13.0 Å². The maximum Gasteiger partial charge on any atom is 0.246 e. The minimum Gasteiger partial charge on any atom is -0.356 e. The van der Waals surface area contributed by atoms with E-state index in [2.05, 4.69) is 24.0 Å². The van der Waals surface area contributed by atoms with E-state index < -0.39 is 6.04 Å². The number of fused-ring (bicyclic) bond motifs is 4. The summed E-state index contributed by atoms with van der Waals surface area (Å²) < 4.78 is 0. The number of aromatic nitrogens is 1. The average molecular weight is 387 g/mol. The molecule has 5 heteroatoms. The second kappa shape index (κ2) is 7.07. The fourth-order valence-corrected chi connectivity index (χ4v) is 4.84. The predicted molar refractivity (Wildman–Crippen MR) is 112 cm³/mol. The van der Waals surface area contributed by atoms with Gasteiger partial charge in [-0.15, -0.1) is 0 Å². The Bertz CT molecular complexity index is 1070. The molecule has 29 heavy (non-hydrogen) atoms. The molecule has 2 amide bonds. The Labute approximate surface area is 170 Å². The summed E-state index contributed by atoms with van der Waals surface area (Å²) in [7, 11) is 0. The smallest absolute Gasteiger partial charge is 0.246 e. The van der Waals surface area contributed by atoms with E-state index in [9.17, 15) is 9.59 Å². The molecular formula is C24H25N3O2. The largest absolute Gasteiger partial charge is 0.356 e. The van der Waals surface area contributed by atoms with Crippen LogP contribution in [-0.2, 0) is 16.0 Å². The van der Waals surface area contributed by atoms with Crippen LogP contribution in [0.15, 0.2) is 54.6 Å². The summed E-state index contributed by atoms with van der Waals surface area (Å²) in [5, 5.41) is 1.15. The van der Waals surface area contributed by atoms with Gasteiger partial charge in [-0.3, -0.25) is 9.59 Å². The third kappa shape index (κ3) is 2.84. The topological polar surface area (TPSA) is 56.4 Å². The number of carbonyl (C=O) groups excluding carboxylic acids is 2.